The van der Waals surface area contributed by atoms with Crippen LogP contribution in [0, 0.1) is 0 Å². The fraction of sp³-hybridized carbons (Fsp3) is 0.889. The van der Waals surface area contributed by atoms with Crippen molar-refractivity contribution in [2.75, 3.05) is 26.4 Å². The highest BCUT2D eigenvalue weighted by atomic mass is 16.7. The highest BCUT2D eigenvalue weighted by Gasteiger charge is 2.45. The molecule has 0 aromatic rings. The summed E-state index contributed by atoms with van der Waals surface area (Å²) in [6.07, 6.45) is -3.22. The average Bonchev–Trinajstić information content (AvgIpc) is 2.63. The molecule has 0 aromatic heterocycles. The van der Waals surface area contributed by atoms with Gasteiger partial charge in [0.15, 0.2) is 6.29 Å². The van der Waals surface area contributed by atoms with Crippen molar-refractivity contribution in [1.29, 1.82) is 0 Å². The van der Waals surface area contributed by atoms with E-state index in [2.05, 4.69) is 10.6 Å². The number of aliphatic hydroxyl groups excluding tert-OH is 3. The number of aliphatic hydroxyl groups is 3. The molecule has 28 heavy (non-hydrogen) atoms. The summed E-state index contributed by atoms with van der Waals surface area (Å²) in [5.41, 5.74) is 0. The van der Waals surface area contributed by atoms with Gasteiger partial charge < -0.3 is 40.2 Å². The van der Waals surface area contributed by atoms with E-state index in [9.17, 15) is 24.9 Å². The fourth-order valence-electron chi connectivity index (χ4n) is 2.75. The van der Waals surface area contributed by atoms with Crippen molar-refractivity contribution < 1.29 is 39.1 Å². The van der Waals surface area contributed by atoms with Gasteiger partial charge in [-0.15, -0.1) is 0 Å². The van der Waals surface area contributed by atoms with Crippen LogP contribution in [0.2, 0.25) is 0 Å². The molecule has 1 aliphatic rings. The second kappa shape index (κ2) is 13.0. The molecule has 0 radical (unpaired) electrons. The number of rotatable bonds is 12. The molecule has 1 heterocycles. The number of carbonyl (C=O) groups excluding carboxylic acids is 2. The predicted molar refractivity (Wildman–Crippen MR) is 99.3 cm³/mol. The van der Waals surface area contributed by atoms with Crippen molar-refractivity contribution in [1.82, 2.24) is 10.6 Å². The topological polar surface area (TPSA) is 147 Å². The van der Waals surface area contributed by atoms with E-state index in [4.69, 9.17) is 14.2 Å². The minimum atomic E-state index is -1.35. The van der Waals surface area contributed by atoms with Crippen molar-refractivity contribution >= 4 is 11.8 Å². The zero-order valence-electron chi connectivity index (χ0n) is 16.8. The average molecular weight is 406 g/mol. The largest absolute Gasteiger partial charge is 0.394 e. The Morgan fingerprint density at radius 3 is 2.46 bits per heavy atom. The summed E-state index contributed by atoms with van der Waals surface area (Å²) in [7, 11) is 0. The van der Waals surface area contributed by atoms with Gasteiger partial charge in [0.25, 0.3) is 0 Å². The Bertz CT molecular complexity index is 477. The lowest BCUT2D eigenvalue weighted by Crippen LogP contribution is -2.64. The van der Waals surface area contributed by atoms with Gasteiger partial charge in [-0.3, -0.25) is 9.59 Å². The third-order valence-corrected chi connectivity index (χ3v) is 4.18. The minimum absolute atomic E-state index is 0.111. The molecule has 1 fully saturated rings. The Hall–Kier alpha value is -1.30. The van der Waals surface area contributed by atoms with Crippen LogP contribution in [0.1, 0.15) is 40.0 Å². The maximum atomic E-state index is 11.8. The third-order valence-electron chi connectivity index (χ3n) is 4.18. The van der Waals surface area contributed by atoms with Crippen LogP contribution in [0.25, 0.3) is 0 Å². The van der Waals surface area contributed by atoms with Gasteiger partial charge in [0.2, 0.25) is 11.8 Å². The highest BCUT2D eigenvalue weighted by Crippen LogP contribution is 2.22. The fourth-order valence-corrected chi connectivity index (χ4v) is 2.75. The first kappa shape index (κ1) is 24.7. The van der Waals surface area contributed by atoms with E-state index in [1.165, 1.54) is 6.92 Å². The molecule has 1 rings (SSSR count). The number of ether oxygens (including phenoxy) is 3. The molecular weight excluding hydrogens is 372 g/mol. The van der Waals surface area contributed by atoms with E-state index in [-0.39, 0.29) is 25.0 Å². The van der Waals surface area contributed by atoms with Gasteiger partial charge >= 0.3 is 0 Å². The second-order valence-electron chi connectivity index (χ2n) is 7.03. The molecule has 10 nitrogen and oxygen atoms in total. The molecule has 5 atom stereocenters. The summed E-state index contributed by atoms with van der Waals surface area (Å²) in [6, 6.07) is -0.981. The molecule has 0 bridgehead atoms. The molecule has 1 saturated heterocycles. The van der Waals surface area contributed by atoms with Crippen molar-refractivity contribution in [3.8, 4) is 0 Å². The number of hydrogen-bond donors (Lipinski definition) is 5. The zero-order valence-corrected chi connectivity index (χ0v) is 16.8. The maximum Gasteiger partial charge on any atom is 0.220 e. The van der Waals surface area contributed by atoms with Crippen LogP contribution in [-0.2, 0) is 23.8 Å². The summed E-state index contributed by atoms with van der Waals surface area (Å²) < 4.78 is 16.4. The quantitative estimate of drug-likeness (QED) is 0.250. The van der Waals surface area contributed by atoms with E-state index >= 15 is 0 Å². The van der Waals surface area contributed by atoms with Gasteiger partial charge in [0, 0.05) is 26.5 Å². The van der Waals surface area contributed by atoms with Gasteiger partial charge in [0.05, 0.1) is 19.3 Å². The Labute approximate surface area is 165 Å². The molecule has 10 heteroatoms. The van der Waals surface area contributed by atoms with Crippen LogP contribution < -0.4 is 10.6 Å². The Morgan fingerprint density at radius 2 is 1.86 bits per heavy atom. The lowest BCUT2D eigenvalue weighted by Gasteiger charge is -2.42. The van der Waals surface area contributed by atoms with Crippen LogP contribution >= 0.6 is 0 Å². The molecule has 1 aliphatic heterocycles. The summed E-state index contributed by atoms with van der Waals surface area (Å²) >= 11 is 0. The van der Waals surface area contributed by atoms with Crippen molar-refractivity contribution in [2.45, 2.75) is 76.8 Å². The molecular formula is C18H34N2O8. The third kappa shape index (κ3) is 8.80. The minimum Gasteiger partial charge on any atom is -0.394 e. The van der Waals surface area contributed by atoms with Gasteiger partial charge in [-0.2, -0.15) is 0 Å². The second-order valence-corrected chi connectivity index (χ2v) is 7.03. The Kier molecular flexibility index (Phi) is 11.5. The Balaban J connectivity index is 2.34. The predicted octanol–water partition coefficient (Wildman–Crippen LogP) is -1.34. The molecule has 0 aromatic carbocycles. The molecule has 0 aliphatic carbocycles. The molecule has 5 N–H and O–H groups in total. The van der Waals surface area contributed by atoms with Crippen LogP contribution in [0.3, 0.4) is 0 Å². The van der Waals surface area contributed by atoms with Crippen molar-refractivity contribution in [3.63, 3.8) is 0 Å². The normalized spacial score (nSPS) is 27.6. The van der Waals surface area contributed by atoms with Crippen molar-refractivity contribution in [3.05, 3.63) is 0 Å². The van der Waals surface area contributed by atoms with Crippen LogP contribution in [0.15, 0.2) is 0 Å². The Morgan fingerprint density at radius 1 is 1.14 bits per heavy atom. The molecule has 0 saturated carbocycles. The van der Waals surface area contributed by atoms with Crippen LogP contribution in [0.5, 0.6) is 0 Å². The summed E-state index contributed by atoms with van der Waals surface area (Å²) in [5.74, 6) is -0.531. The summed E-state index contributed by atoms with van der Waals surface area (Å²) in [5, 5.41) is 34.6. The van der Waals surface area contributed by atoms with E-state index in [1.54, 1.807) is 0 Å². The molecule has 5 unspecified atom stereocenters. The van der Waals surface area contributed by atoms with Crippen molar-refractivity contribution in [2.24, 2.45) is 0 Å². The first-order valence-electron chi connectivity index (χ1n) is 9.65. The van der Waals surface area contributed by atoms with E-state index in [1.807, 2.05) is 13.8 Å². The summed E-state index contributed by atoms with van der Waals surface area (Å²) in [4.78, 5) is 23.1. The lowest BCUT2D eigenvalue weighted by molar-refractivity contribution is -0.270. The highest BCUT2D eigenvalue weighted by molar-refractivity contribution is 5.75. The molecule has 0 spiro atoms. The lowest BCUT2D eigenvalue weighted by atomic mass is 9.97. The van der Waals surface area contributed by atoms with Crippen LogP contribution in [-0.4, -0.2) is 90.2 Å². The number of amides is 2. The summed E-state index contributed by atoms with van der Waals surface area (Å²) in [6.45, 7) is 5.93. The molecule has 164 valence electrons. The first-order chi connectivity index (χ1) is 13.3. The standard InChI is InChI=1S/C18H34N2O8/c1-11(2)26-9-5-7-19-14(23)6-4-8-27-18-15(20-12(3)22)17(25)16(24)13(10-21)28-18/h11,13,15-18,21,24-25H,4-10H2,1-3H3,(H,19,23)(H,20,22). The van der Waals surface area contributed by atoms with Gasteiger partial charge in [-0.1, -0.05) is 0 Å². The monoisotopic (exact) mass is 406 g/mol. The zero-order chi connectivity index (χ0) is 21.1. The smallest absolute Gasteiger partial charge is 0.220 e. The van der Waals surface area contributed by atoms with Crippen LogP contribution in [0.4, 0.5) is 0 Å². The first-order valence-corrected chi connectivity index (χ1v) is 9.65. The van der Waals surface area contributed by atoms with Gasteiger partial charge in [-0.05, 0) is 26.7 Å². The van der Waals surface area contributed by atoms with E-state index in [0.717, 1.165) is 6.42 Å². The number of hydrogen-bond acceptors (Lipinski definition) is 8. The number of nitrogens with one attached hydrogen (secondary N) is 2. The van der Waals surface area contributed by atoms with E-state index in [0.29, 0.717) is 19.6 Å². The SMILES string of the molecule is CC(=O)NC1C(OCCCC(=O)NCCCOC(C)C)OC(CO)C(O)C1O. The maximum absolute atomic E-state index is 11.8. The van der Waals surface area contributed by atoms with Gasteiger partial charge in [0.1, 0.15) is 24.4 Å². The van der Waals surface area contributed by atoms with E-state index < -0.39 is 43.2 Å². The van der Waals surface area contributed by atoms with Gasteiger partial charge in [-0.25, -0.2) is 0 Å². The molecule has 2 amide bonds. The number of carbonyl (C=O) groups is 2.